The standard InChI is InChI=1S/C11H14O5/c1-2-5-15-11(14)9-6-8(13)3-4-10(9)16-7-12/h2-4,7,9,11,13-14H,1,5-6H2. The third kappa shape index (κ3) is 3.22. The van der Waals surface area contributed by atoms with Crippen LogP contribution in [0.5, 0.6) is 0 Å². The fourth-order valence-corrected chi connectivity index (χ4v) is 1.40. The van der Waals surface area contributed by atoms with Crippen LogP contribution in [0.4, 0.5) is 0 Å². The van der Waals surface area contributed by atoms with Crippen LogP contribution in [0.25, 0.3) is 0 Å². The molecule has 0 heterocycles. The molecule has 0 aromatic rings. The normalized spacial score (nSPS) is 21.7. The van der Waals surface area contributed by atoms with E-state index in [4.69, 9.17) is 9.47 Å². The molecular formula is C11H14O5. The van der Waals surface area contributed by atoms with Gasteiger partial charge in [-0.2, -0.15) is 0 Å². The minimum absolute atomic E-state index is 0.101. The molecule has 0 aromatic heterocycles. The zero-order valence-electron chi connectivity index (χ0n) is 8.70. The molecule has 1 rings (SSSR count). The summed E-state index contributed by atoms with van der Waals surface area (Å²) >= 11 is 0. The van der Waals surface area contributed by atoms with Gasteiger partial charge in [0.25, 0.3) is 6.47 Å². The lowest BCUT2D eigenvalue weighted by Crippen LogP contribution is -2.28. The van der Waals surface area contributed by atoms with Crippen molar-refractivity contribution in [3.63, 3.8) is 0 Å². The molecular weight excluding hydrogens is 212 g/mol. The Morgan fingerprint density at radius 1 is 1.62 bits per heavy atom. The third-order valence-corrected chi connectivity index (χ3v) is 2.15. The zero-order chi connectivity index (χ0) is 12.0. The topological polar surface area (TPSA) is 76.0 Å². The number of aliphatic hydroxyl groups is 2. The summed E-state index contributed by atoms with van der Waals surface area (Å²) < 4.78 is 9.72. The smallest absolute Gasteiger partial charge is 0.298 e. The van der Waals surface area contributed by atoms with Crippen LogP contribution in [0.1, 0.15) is 6.42 Å². The predicted octanol–water partition coefficient (Wildman–Crippen LogP) is 1.03. The van der Waals surface area contributed by atoms with E-state index < -0.39 is 12.2 Å². The highest BCUT2D eigenvalue weighted by molar-refractivity contribution is 5.41. The largest absolute Gasteiger partial charge is 0.512 e. The van der Waals surface area contributed by atoms with Crippen LogP contribution in [0.15, 0.2) is 36.3 Å². The van der Waals surface area contributed by atoms with E-state index in [9.17, 15) is 15.0 Å². The van der Waals surface area contributed by atoms with E-state index in [-0.39, 0.29) is 31.0 Å². The predicted molar refractivity (Wildman–Crippen MR) is 56.2 cm³/mol. The highest BCUT2D eigenvalue weighted by atomic mass is 16.6. The van der Waals surface area contributed by atoms with Gasteiger partial charge in [-0.1, -0.05) is 6.08 Å². The van der Waals surface area contributed by atoms with Crippen LogP contribution in [0.2, 0.25) is 0 Å². The average molecular weight is 226 g/mol. The maximum absolute atomic E-state index is 10.3. The van der Waals surface area contributed by atoms with Crippen molar-refractivity contribution in [3.05, 3.63) is 36.3 Å². The van der Waals surface area contributed by atoms with E-state index in [0.717, 1.165) is 0 Å². The average Bonchev–Trinajstić information content (AvgIpc) is 2.28. The zero-order valence-corrected chi connectivity index (χ0v) is 8.70. The Hall–Kier alpha value is -1.59. The molecule has 2 unspecified atom stereocenters. The van der Waals surface area contributed by atoms with Crippen molar-refractivity contribution in [1.82, 2.24) is 0 Å². The van der Waals surface area contributed by atoms with E-state index in [1.807, 2.05) is 0 Å². The molecule has 0 aromatic carbocycles. The SMILES string of the molecule is C=CCOC(O)C1CC(O)=CC=C1OC=O. The molecule has 0 radical (unpaired) electrons. The Morgan fingerprint density at radius 2 is 2.38 bits per heavy atom. The Bertz CT molecular complexity index is 318. The number of allylic oxidation sites excluding steroid dienone is 3. The van der Waals surface area contributed by atoms with Crippen LogP contribution in [0, 0.1) is 5.92 Å². The first-order valence-corrected chi connectivity index (χ1v) is 4.79. The van der Waals surface area contributed by atoms with Gasteiger partial charge in [-0.25, -0.2) is 0 Å². The van der Waals surface area contributed by atoms with Gasteiger partial charge in [0.15, 0.2) is 6.29 Å². The van der Waals surface area contributed by atoms with Crippen LogP contribution in [-0.2, 0) is 14.3 Å². The molecule has 2 atom stereocenters. The van der Waals surface area contributed by atoms with Gasteiger partial charge in [-0.05, 0) is 12.2 Å². The minimum atomic E-state index is -1.15. The molecule has 0 saturated heterocycles. The molecule has 0 saturated carbocycles. The first-order valence-electron chi connectivity index (χ1n) is 4.79. The fourth-order valence-electron chi connectivity index (χ4n) is 1.40. The molecule has 0 aliphatic heterocycles. The van der Waals surface area contributed by atoms with Crippen LogP contribution in [-0.4, -0.2) is 29.6 Å². The molecule has 5 heteroatoms. The second-order valence-electron chi connectivity index (χ2n) is 3.26. The van der Waals surface area contributed by atoms with E-state index in [1.54, 1.807) is 0 Å². The van der Waals surface area contributed by atoms with Crippen molar-refractivity contribution in [2.45, 2.75) is 12.7 Å². The lowest BCUT2D eigenvalue weighted by Gasteiger charge is -2.25. The second kappa shape index (κ2) is 6.09. The van der Waals surface area contributed by atoms with Crippen molar-refractivity contribution in [2.24, 2.45) is 5.92 Å². The maximum Gasteiger partial charge on any atom is 0.298 e. The molecule has 0 fully saturated rings. The number of carbonyl (C=O) groups excluding carboxylic acids is 1. The molecule has 88 valence electrons. The Kier molecular flexibility index (Phi) is 4.75. The summed E-state index contributed by atoms with van der Waals surface area (Å²) in [5.74, 6) is -0.219. The fraction of sp³-hybridized carbons (Fsp3) is 0.364. The van der Waals surface area contributed by atoms with Gasteiger partial charge in [0.2, 0.25) is 0 Å². The highest BCUT2D eigenvalue weighted by Crippen LogP contribution is 2.28. The summed E-state index contributed by atoms with van der Waals surface area (Å²) in [5.41, 5.74) is 0. The van der Waals surface area contributed by atoms with Crippen molar-refractivity contribution in [1.29, 1.82) is 0 Å². The van der Waals surface area contributed by atoms with Crippen LogP contribution < -0.4 is 0 Å². The van der Waals surface area contributed by atoms with E-state index in [2.05, 4.69) is 6.58 Å². The van der Waals surface area contributed by atoms with Crippen molar-refractivity contribution in [2.75, 3.05) is 6.61 Å². The van der Waals surface area contributed by atoms with Gasteiger partial charge in [0.05, 0.1) is 18.3 Å². The number of hydrogen-bond acceptors (Lipinski definition) is 5. The van der Waals surface area contributed by atoms with Crippen molar-refractivity contribution < 1.29 is 24.5 Å². The lowest BCUT2D eigenvalue weighted by atomic mass is 9.96. The van der Waals surface area contributed by atoms with Gasteiger partial charge in [-0.15, -0.1) is 6.58 Å². The van der Waals surface area contributed by atoms with Crippen LogP contribution >= 0.6 is 0 Å². The summed E-state index contributed by atoms with van der Waals surface area (Å²) in [7, 11) is 0. The van der Waals surface area contributed by atoms with E-state index in [0.29, 0.717) is 0 Å². The Balaban J connectivity index is 2.69. The van der Waals surface area contributed by atoms with E-state index in [1.165, 1.54) is 18.2 Å². The van der Waals surface area contributed by atoms with E-state index >= 15 is 0 Å². The van der Waals surface area contributed by atoms with Gasteiger partial charge >= 0.3 is 0 Å². The van der Waals surface area contributed by atoms with Gasteiger partial charge < -0.3 is 19.7 Å². The van der Waals surface area contributed by atoms with Crippen molar-refractivity contribution in [3.8, 4) is 0 Å². The summed E-state index contributed by atoms with van der Waals surface area (Å²) in [6.07, 6.45) is 3.34. The molecule has 2 N–H and O–H groups in total. The number of hydrogen-bond donors (Lipinski definition) is 2. The van der Waals surface area contributed by atoms with Gasteiger partial charge in [0, 0.05) is 6.42 Å². The lowest BCUT2D eigenvalue weighted by molar-refractivity contribution is -0.138. The number of ether oxygens (including phenoxy) is 2. The van der Waals surface area contributed by atoms with Crippen LogP contribution in [0.3, 0.4) is 0 Å². The van der Waals surface area contributed by atoms with Crippen molar-refractivity contribution >= 4 is 6.47 Å². The highest BCUT2D eigenvalue weighted by Gasteiger charge is 2.28. The Morgan fingerprint density at radius 3 is 3.00 bits per heavy atom. The molecule has 16 heavy (non-hydrogen) atoms. The summed E-state index contributed by atoms with van der Waals surface area (Å²) in [5, 5.41) is 19.0. The summed E-state index contributed by atoms with van der Waals surface area (Å²) in [4.78, 5) is 10.3. The molecule has 0 spiro atoms. The number of carbonyl (C=O) groups is 1. The minimum Gasteiger partial charge on any atom is -0.512 e. The summed E-state index contributed by atoms with van der Waals surface area (Å²) in [6.45, 7) is 3.90. The third-order valence-electron chi connectivity index (χ3n) is 2.15. The maximum atomic E-state index is 10.3. The monoisotopic (exact) mass is 226 g/mol. The Labute approximate surface area is 93.3 Å². The van der Waals surface area contributed by atoms with Gasteiger partial charge in [-0.3, -0.25) is 4.79 Å². The first kappa shape index (κ1) is 12.5. The molecule has 1 aliphatic carbocycles. The molecule has 0 amide bonds. The second-order valence-corrected chi connectivity index (χ2v) is 3.26. The first-order chi connectivity index (χ1) is 7.69. The number of aliphatic hydroxyl groups excluding tert-OH is 2. The van der Waals surface area contributed by atoms with Gasteiger partial charge in [0.1, 0.15) is 5.76 Å². The summed E-state index contributed by atoms with van der Waals surface area (Å²) in [6, 6.07) is 0. The quantitative estimate of drug-likeness (QED) is 0.402. The molecule has 5 nitrogen and oxygen atoms in total. The molecule has 0 bridgehead atoms. The number of rotatable bonds is 6. The molecule has 1 aliphatic rings.